The Hall–Kier alpha value is -0.850. The second-order valence-electron chi connectivity index (χ2n) is 4.71. The molecule has 2 N–H and O–H groups in total. The highest BCUT2D eigenvalue weighted by atomic mass is 32.2. The molecule has 2 aromatic rings. The fraction of sp³-hybridized carbons (Fsp3) is 0.538. The summed E-state index contributed by atoms with van der Waals surface area (Å²) in [6.07, 6.45) is 3.06. The standard InChI is InChI=1S/C13H17N3OS2/c1-2-3-9(14)12-15-13(17-16-12)11-6-8-7-18-5-4-10(8)19-11/h6,9H,2-5,7,14H2,1H3. The van der Waals surface area contributed by atoms with Crippen molar-refractivity contribution in [2.45, 2.75) is 38.0 Å². The van der Waals surface area contributed by atoms with E-state index in [9.17, 15) is 0 Å². The summed E-state index contributed by atoms with van der Waals surface area (Å²) in [5, 5.41) is 4.01. The zero-order valence-electron chi connectivity index (χ0n) is 10.9. The maximum absolute atomic E-state index is 6.01. The summed E-state index contributed by atoms with van der Waals surface area (Å²) in [7, 11) is 0. The van der Waals surface area contributed by atoms with Gasteiger partial charge in [0.1, 0.15) is 0 Å². The minimum absolute atomic E-state index is 0.118. The third-order valence-electron chi connectivity index (χ3n) is 3.21. The van der Waals surface area contributed by atoms with Gasteiger partial charge in [-0.25, -0.2) is 0 Å². The minimum Gasteiger partial charge on any atom is -0.333 e. The maximum atomic E-state index is 6.01. The summed E-state index contributed by atoms with van der Waals surface area (Å²) in [6, 6.07) is 2.07. The molecule has 0 spiro atoms. The van der Waals surface area contributed by atoms with E-state index in [-0.39, 0.29) is 6.04 Å². The van der Waals surface area contributed by atoms with Crippen LogP contribution in [-0.4, -0.2) is 15.9 Å². The Morgan fingerprint density at radius 1 is 1.53 bits per heavy atom. The molecule has 0 radical (unpaired) electrons. The van der Waals surface area contributed by atoms with Crippen LogP contribution in [0.4, 0.5) is 0 Å². The van der Waals surface area contributed by atoms with Gasteiger partial charge < -0.3 is 10.3 Å². The van der Waals surface area contributed by atoms with Crippen molar-refractivity contribution >= 4 is 23.1 Å². The number of aromatic nitrogens is 2. The van der Waals surface area contributed by atoms with E-state index in [1.165, 1.54) is 16.2 Å². The molecule has 2 aromatic heterocycles. The Bertz CT molecular complexity index is 540. The lowest BCUT2D eigenvalue weighted by Crippen LogP contribution is -2.11. The third kappa shape index (κ3) is 2.70. The lowest BCUT2D eigenvalue weighted by atomic mass is 10.2. The highest BCUT2D eigenvalue weighted by Gasteiger charge is 2.19. The van der Waals surface area contributed by atoms with E-state index in [2.05, 4.69) is 23.1 Å². The average molecular weight is 295 g/mol. The Morgan fingerprint density at radius 2 is 2.42 bits per heavy atom. The molecule has 3 heterocycles. The molecular weight excluding hydrogens is 278 g/mol. The van der Waals surface area contributed by atoms with Crippen LogP contribution in [0.5, 0.6) is 0 Å². The van der Waals surface area contributed by atoms with Gasteiger partial charge in [-0.2, -0.15) is 16.7 Å². The lowest BCUT2D eigenvalue weighted by molar-refractivity contribution is 0.414. The van der Waals surface area contributed by atoms with E-state index in [0.717, 1.165) is 29.9 Å². The highest BCUT2D eigenvalue weighted by molar-refractivity contribution is 7.98. The number of thioether (sulfide) groups is 1. The first kappa shape index (κ1) is 13.1. The first-order valence-corrected chi connectivity index (χ1v) is 8.54. The molecule has 0 saturated heterocycles. The summed E-state index contributed by atoms with van der Waals surface area (Å²) in [5.41, 5.74) is 7.43. The fourth-order valence-electron chi connectivity index (χ4n) is 2.18. The molecule has 0 bridgehead atoms. The van der Waals surface area contributed by atoms with Gasteiger partial charge in [0.2, 0.25) is 0 Å². The number of aryl methyl sites for hydroxylation is 1. The van der Waals surface area contributed by atoms with Gasteiger partial charge in [-0.05, 0) is 30.2 Å². The normalized spacial score (nSPS) is 16.3. The molecule has 6 heteroatoms. The third-order valence-corrected chi connectivity index (χ3v) is 5.44. The second kappa shape index (κ2) is 5.64. The monoisotopic (exact) mass is 295 g/mol. The molecule has 1 aliphatic heterocycles. The van der Waals surface area contributed by atoms with Gasteiger partial charge >= 0.3 is 0 Å². The molecule has 0 saturated carbocycles. The SMILES string of the molecule is CCCC(N)c1noc(-c2cc3c(s2)CCSC3)n1. The van der Waals surface area contributed by atoms with Crippen molar-refractivity contribution in [1.82, 2.24) is 10.1 Å². The summed E-state index contributed by atoms with van der Waals surface area (Å²) >= 11 is 3.76. The molecule has 102 valence electrons. The summed E-state index contributed by atoms with van der Waals surface area (Å²) in [4.78, 5) is 6.99. The Balaban J connectivity index is 1.84. The van der Waals surface area contributed by atoms with Crippen LogP contribution in [0, 0.1) is 0 Å². The van der Waals surface area contributed by atoms with E-state index in [0.29, 0.717) is 11.7 Å². The average Bonchev–Trinajstić information content (AvgIpc) is 3.05. The maximum Gasteiger partial charge on any atom is 0.268 e. The molecule has 1 unspecified atom stereocenters. The summed E-state index contributed by atoms with van der Waals surface area (Å²) in [6.45, 7) is 2.10. The van der Waals surface area contributed by atoms with Gasteiger partial charge in [-0.15, -0.1) is 11.3 Å². The minimum atomic E-state index is -0.118. The topological polar surface area (TPSA) is 64.9 Å². The van der Waals surface area contributed by atoms with Gasteiger partial charge in [0.15, 0.2) is 5.82 Å². The molecule has 19 heavy (non-hydrogen) atoms. The van der Waals surface area contributed by atoms with E-state index in [4.69, 9.17) is 10.3 Å². The number of nitrogens with zero attached hydrogens (tertiary/aromatic N) is 2. The quantitative estimate of drug-likeness (QED) is 0.936. The number of hydrogen-bond acceptors (Lipinski definition) is 6. The van der Waals surface area contributed by atoms with Gasteiger partial charge in [-0.1, -0.05) is 18.5 Å². The van der Waals surface area contributed by atoms with Gasteiger partial charge in [0.05, 0.1) is 10.9 Å². The molecule has 0 amide bonds. The van der Waals surface area contributed by atoms with Crippen LogP contribution in [0.15, 0.2) is 10.6 Å². The number of thiophene rings is 1. The zero-order chi connectivity index (χ0) is 13.2. The van der Waals surface area contributed by atoms with E-state index in [1.807, 2.05) is 11.8 Å². The molecule has 3 rings (SSSR count). The number of rotatable bonds is 4. The Morgan fingerprint density at radius 3 is 3.21 bits per heavy atom. The number of fused-ring (bicyclic) bond motifs is 1. The van der Waals surface area contributed by atoms with Gasteiger partial charge in [-0.3, -0.25) is 0 Å². The van der Waals surface area contributed by atoms with Crippen molar-refractivity contribution in [3.05, 3.63) is 22.3 Å². The second-order valence-corrected chi connectivity index (χ2v) is 6.96. The largest absolute Gasteiger partial charge is 0.333 e. The molecule has 4 nitrogen and oxygen atoms in total. The molecule has 0 aromatic carbocycles. The van der Waals surface area contributed by atoms with Gasteiger partial charge in [0, 0.05) is 10.6 Å². The van der Waals surface area contributed by atoms with Crippen LogP contribution < -0.4 is 5.73 Å². The van der Waals surface area contributed by atoms with Crippen molar-refractivity contribution in [3.63, 3.8) is 0 Å². The summed E-state index contributed by atoms with van der Waals surface area (Å²) < 4.78 is 5.36. The lowest BCUT2D eigenvalue weighted by Gasteiger charge is -2.08. The van der Waals surface area contributed by atoms with Crippen molar-refractivity contribution in [2.75, 3.05) is 5.75 Å². The molecule has 1 atom stereocenters. The Kier molecular flexibility index (Phi) is 3.91. The van der Waals surface area contributed by atoms with Crippen molar-refractivity contribution in [2.24, 2.45) is 5.73 Å². The smallest absolute Gasteiger partial charge is 0.268 e. The first-order valence-electron chi connectivity index (χ1n) is 6.56. The predicted octanol–water partition coefficient (Wildman–Crippen LogP) is 3.39. The molecular formula is C13H17N3OS2. The van der Waals surface area contributed by atoms with Crippen molar-refractivity contribution in [1.29, 1.82) is 0 Å². The van der Waals surface area contributed by atoms with E-state index < -0.39 is 0 Å². The fourth-order valence-corrected chi connectivity index (χ4v) is 4.47. The molecule has 0 fully saturated rings. The van der Waals surface area contributed by atoms with E-state index >= 15 is 0 Å². The van der Waals surface area contributed by atoms with Crippen LogP contribution in [0.3, 0.4) is 0 Å². The van der Waals surface area contributed by atoms with E-state index in [1.54, 1.807) is 11.3 Å². The predicted molar refractivity (Wildman–Crippen MR) is 79.3 cm³/mol. The Labute approximate surface area is 120 Å². The number of nitrogens with two attached hydrogens (primary N) is 1. The summed E-state index contributed by atoms with van der Waals surface area (Å²) in [5.74, 6) is 3.55. The van der Waals surface area contributed by atoms with Crippen molar-refractivity contribution in [3.8, 4) is 10.8 Å². The zero-order valence-corrected chi connectivity index (χ0v) is 12.5. The van der Waals surface area contributed by atoms with Crippen LogP contribution in [0.1, 0.15) is 42.1 Å². The number of hydrogen-bond donors (Lipinski definition) is 1. The van der Waals surface area contributed by atoms with Crippen LogP contribution in [-0.2, 0) is 12.2 Å². The van der Waals surface area contributed by atoms with Gasteiger partial charge in [0.25, 0.3) is 5.89 Å². The highest BCUT2D eigenvalue weighted by Crippen LogP contribution is 2.36. The van der Waals surface area contributed by atoms with Crippen LogP contribution in [0.25, 0.3) is 10.8 Å². The molecule has 1 aliphatic rings. The van der Waals surface area contributed by atoms with Crippen LogP contribution in [0.2, 0.25) is 0 Å². The molecule has 0 aliphatic carbocycles. The first-order chi connectivity index (χ1) is 9.28. The van der Waals surface area contributed by atoms with Crippen LogP contribution >= 0.6 is 23.1 Å². The van der Waals surface area contributed by atoms with Crippen molar-refractivity contribution < 1.29 is 4.52 Å².